The van der Waals surface area contributed by atoms with Gasteiger partial charge >= 0.3 is 5.97 Å². The molecule has 0 spiro atoms. The second kappa shape index (κ2) is 7.06. The molecule has 0 radical (unpaired) electrons. The van der Waals surface area contributed by atoms with Crippen LogP contribution < -0.4 is 0 Å². The van der Waals surface area contributed by atoms with Gasteiger partial charge in [-0.05, 0) is 40.5 Å². The van der Waals surface area contributed by atoms with Crippen molar-refractivity contribution in [2.24, 2.45) is 0 Å². The highest BCUT2D eigenvalue weighted by atomic mass is 16.6. The van der Waals surface area contributed by atoms with Gasteiger partial charge in [0.1, 0.15) is 5.60 Å². The van der Waals surface area contributed by atoms with Crippen molar-refractivity contribution in [3.8, 4) is 0 Å². The zero-order valence-corrected chi connectivity index (χ0v) is 12.5. The predicted molar refractivity (Wildman–Crippen MR) is 74.0 cm³/mol. The van der Waals surface area contributed by atoms with E-state index < -0.39 is 5.60 Å². The summed E-state index contributed by atoms with van der Waals surface area (Å²) in [7, 11) is 0. The first-order valence-corrected chi connectivity index (χ1v) is 7.05. The van der Waals surface area contributed by atoms with Gasteiger partial charge in [0.15, 0.2) is 0 Å². The number of ether oxygens (including phenoxy) is 3. The van der Waals surface area contributed by atoms with E-state index in [0.29, 0.717) is 18.8 Å². The molecule has 0 aromatic carbocycles. The van der Waals surface area contributed by atoms with E-state index in [2.05, 4.69) is 6.58 Å². The number of esters is 1. The van der Waals surface area contributed by atoms with Gasteiger partial charge in [0.25, 0.3) is 0 Å². The fourth-order valence-corrected chi connectivity index (χ4v) is 2.46. The van der Waals surface area contributed by atoms with Crippen LogP contribution in [0.4, 0.5) is 0 Å². The summed E-state index contributed by atoms with van der Waals surface area (Å²) in [4.78, 5) is 11.8. The Morgan fingerprint density at radius 2 is 1.95 bits per heavy atom. The van der Waals surface area contributed by atoms with Crippen LogP contribution in [0.15, 0.2) is 12.2 Å². The highest BCUT2D eigenvalue weighted by Gasteiger charge is 2.44. The molecule has 0 amide bonds. The number of hydrogen-bond donors (Lipinski definition) is 0. The smallest absolute Gasteiger partial charge is 0.333 e. The van der Waals surface area contributed by atoms with E-state index in [0.717, 1.165) is 19.3 Å². The van der Waals surface area contributed by atoms with Crippen LogP contribution in [0.1, 0.15) is 47.0 Å². The van der Waals surface area contributed by atoms with Crippen molar-refractivity contribution in [1.82, 2.24) is 0 Å². The third-order valence-corrected chi connectivity index (χ3v) is 3.57. The Morgan fingerprint density at radius 3 is 2.47 bits per heavy atom. The molecule has 110 valence electrons. The molecule has 0 aromatic rings. The van der Waals surface area contributed by atoms with E-state index in [-0.39, 0.29) is 18.2 Å². The van der Waals surface area contributed by atoms with Crippen LogP contribution >= 0.6 is 0 Å². The van der Waals surface area contributed by atoms with E-state index in [4.69, 9.17) is 14.2 Å². The monoisotopic (exact) mass is 270 g/mol. The second-order valence-electron chi connectivity index (χ2n) is 5.28. The second-order valence-corrected chi connectivity index (χ2v) is 5.28. The predicted octanol–water partition coefficient (Wildman–Crippen LogP) is 2.86. The minimum absolute atomic E-state index is 0.119. The lowest BCUT2D eigenvalue weighted by atomic mass is 9.81. The molecule has 3 atom stereocenters. The zero-order chi connectivity index (χ0) is 14.5. The molecule has 19 heavy (non-hydrogen) atoms. The highest BCUT2D eigenvalue weighted by molar-refractivity contribution is 5.87. The van der Waals surface area contributed by atoms with Crippen LogP contribution in [0.25, 0.3) is 0 Å². The van der Waals surface area contributed by atoms with E-state index in [1.165, 1.54) is 0 Å². The van der Waals surface area contributed by atoms with Gasteiger partial charge in [0.05, 0.1) is 12.2 Å². The fraction of sp³-hybridized carbons (Fsp3) is 0.800. The molecule has 0 bridgehead atoms. The van der Waals surface area contributed by atoms with Gasteiger partial charge in [-0.1, -0.05) is 6.58 Å². The molecule has 1 fully saturated rings. The summed E-state index contributed by atoms with van der Waals surface area (Å²) in [6.07, 6.45) is 2.48. The van der Waals surface area contributed by atoms with Crippen LogP contribution in [0.2, 0.25) is 0 Å². The Hall–Kier alpha value is -0.870. The molecule has 1 aliphatic rings. The number of hydrogen-bond acceptors (Lipinski definition) is 4. The molecular weight excluding hydrogens is 244 g/mol. The average molecular weight is 270 g/mol. The third-order valence-electron chi connectivity index (χ3n) is 3.57. The van der Waals surface area contributed by atoms with Crippen molar-refractivity contribution in [3.63, 3.8) is 0 Å². The summed E-state index contributed by atoms with van der Waals surface area (Å²) < 4.78 is 17.0. The molecule has 0 aliphatic heterocycles. The lowest BCUT2D eigenvalue weighted by molar-refractivity contribution is -0.188. The lowest BCUT2D eigenvalue weighted by Gasteiger charge is -2.43. The van der Waals surface area contributed by atoms with Crippen molar-refractivity contribution >= 4 is 5.97 Å². The van der Waals surface area contributed by atoms with E-state index in [1.807, 2.05) is 20.8 Å². The summed E-state index contributed by atoms with van der Waals surface area (Å²) in [6.45, 7) is 12.5. The largest absolute Gasteiger partial charge is 0.453 e. The van der Waals surface area contributed by atoms with Gasteiger partial charge in [0.2, 0.25) is 0 Å². The van der Waals surface area contributed by atoms with Crippen LogP contribution in [0.5, 0.6) is 0 Å². The lowest BCUT2D eigenvalue weighted by Crippen LogP contribution is -2.51. The van der Waals surface area contributed by atoms with Gasteiger partial charge < -0.3 is 14.2 Å². The van der Waals surface area contributed by atoms with Gasteiger partial charge in [-0.2, -0.15) is 0 Å². The number of carbonyl (C=O) groups is 1. The van der Waals surface area contributed by atoms with Crippen molar-refractivity contribution in [1.29, 1.82) is 0 Å². The quantitative estimate of drug-likeness (QED) is 0.550. The van der Waals surface area contributed by atoms with Crippen molar-refractivity contribution in [2.75, 3.05) is 13.2 Å². The highest BCUT2D eigenvalue weighted by Crippen LogP contribution is 2.35. The molecule has 1 saturated carbocycles. The molecule has 0 heterocycles. The molecule has 3 unspecified atom stereocenters. The summed E-state index contributed by atoms with van der Waals surface area (Å²) in [5.74, 6) is -0.345. The van der Waals surface area contributed by atoms with E-state index >= 15 is 0 Å². The topological polar surface area (TPSA) is 44.8 Å². The van der Waals surface area contributed by atoms with Crippen molar-refractivity contribution in [2.45, 2.75) is 64.8 Å². The first kappa shape index (κ1) is 16.2. The Labute approximate surface area is 116 Å². The summed E-state index contributed by atoms with van der Waals surface area (Å²) in [5, 5.41) is 0. The van der Waals surface area contributed by atoms with Crippen LogP contribution in [-0.2, 0) is 19.0 Å². The number of rotatable bonds is 6. The SMILES string of the molecule is C=C(C)C(=O)OC1(C)CCC(OCC)CC1OCC. The molecule has 0 N–H and O–H groups in total. The normalized spacial score (nSPS) is 30.9. The maximum absolute atomic E-state index is 11.8. The van der Waals surface area contributed by atoms with E-state index in [1.54, 1.807) is 6.92 Å². The van der Waals surface area contributed by atoms with Crippen molar-refractivity contribution < 1.29 is 19.0 Å². The Morgan fingerprint density at radius 1 is 1.32 bits per heavy atom. The maximum Gasteiger partial charge on any atom is 0.333 e. The molecule has 0 aromatic heterocycles. The minimum atomic E-state index is -0.584. The van der Waals surface area contributed by atoms with Gasteiger partial charge in [0, 0.05) is 25.2 Å². The van der Waals surface area contributed by atoms with E-state index in [9.17, 15) is 4.79 Å². The van der Waals surface area contributed by atoms with Gasteiger partial charge in [-0.25, -0.2) is 4.79 Å². The molecule has 4 heteroatoms. The molecule has 4 nitrogen and oxygen atoms in total. The number of carbonyl (C=O) groups excluding carboxylic acids is 1. The fourth-order valence-electron chi connectivity index (χ4n) is 2.46. The molecule has 0 saturated heterocycles. The van der Waals surface area contributed by atoms with Crippen LogP contribution in [-0.4, -0.2) is 37.0 Å². The Balaban J connectivity index is 2.74. The Kier molecular flexibility index (Phi) is 6.01. The maximum atomic E-state index is 11.8. The third kappa shape index (κ3) is 4.32. The first-order valence-electron chi connectivity index (χ1n) is 7.05. The average Bonchev–Trinajstić information content (AvgIpc) is 2.34. The van der Waals surface area contributed by atoms with Gasteiger partial charge in [-0.15, -0.1) is 0 Å². The summed E-state index contributed by atoms with van der Waals surface area (Å²) >= 11 is 0. The summed E-state index contributed by atoms with van der Waals surface area (Å²) in [5.41, 5.74) is -0.164. The van der Waals surface area contributed by atoms with Crippen molar-refractivity contribution in [3.05, 3.63) is 12.2 Å². The van der Waals surface area contributed by atoms with Gasteiger partial charge in [-0.3, -0.25) is 0 Å². The molecule has 1 rings (SSSR count). The first-order chi connectivity index (χ1) is 8.92. The van der Waals surface area contributed by atoms with Crippen LogP contribution in [0, 0.1) is 0 Å². The Bertz CT molecular complexity index is 326. The molecule has 1 aliphatic carbocycles. The standard InChI is InChI=1S/C15H26O4/c1-6-17-12-8-9-15(5,13(10-12)18-7-2)19-14(16)11(3)4/h12-13H,3,6-10H2,1-2,4-5H3. The molecular formula is C15H26O4. The summed E-state index contributed by atoms with van der Waals surface area (Å²) in [6, 6.07) is 0. The van der Waals surface area contributed by atoms with Crippen LogP contribution in [0.3, 0.4) is 0 Å². The minimum Gasteiger partial charge on any atom is -0.453 e. The zero-order valence-electron chi connectivity index (χ0n) is 12.5.